The fourth-order valence-corrected chi connectivity index (χ4v) is 3.74. The number of esters is 1. The van der Waals surface area contributed by atoms with E-state index in [4.69, 9.17) is 4.74 Å². The highest BCUT2D eigenvalue weighted by molar-refractivity contribution is 5.95. The number of rotatable bonds is 4. The Morgan fingerprint density at radius 2 is 2.10 bits per heavy atom. The lowest BCUT2D eigenvalue weighted by molar-refractivity contribution is 0.0344. The number of aryl methyl sites for hydroxylation is 1. The van der Waals surface area contributed by atoms with E-state index in [9.17, 15) is 4.79 Å². The average molecular weight is 399 g/mol. The molecule has 0 amide bonds. The number of H-pyrrole nitrogens is 1. The number of pyridine rings is 2. The molecular weight excluding hydrogens is 378 g/mol. The average Bonchev–Trinajstić information content (AvgIpc) is 3.45. The normalized spacial score (nSPS) is 16.1. The van der Waals surface area contributed by atoms with Crippen LogP contribution in [0.4, 0.5) is 0 Å². The van der Waals surface area contributed by atoms with Crippen molar-refractivity contribution in [1.82, 2.24) is 25.5 Å². The van der Waals surface area contributed by atoms with Crippen LogP contribution in [-0.4, -0.2) is 45.3 Å². The molecule has 1 fully saturated rings. The van der Waals surface area contributed by atoms with Crippen LogP contribution in [0.3, 0.4) is 0 Å². The largest absolute Gasteiger partial charge is 0.457 e. The van der Waals surface area contributed by atoms with Crippen LogP contribution in [0.1, 0.15) is 22.5 Å². The third-order valence-corrected chi connectivity index (χ3v) is 5.30. The first kappa shape index (κ1) is 18.4. The van der Waals surface area contributed by atoms with Crippen LogP contribution in [0.15, 0.2) is 54.9 Å². The van der Waals surface area contributed by atoms with Crippen molar-refractivity contribution in [2.24, 2.45) is 0 Å². The van der Waals surface area contributed by atoms with E-state index >= 15 is 0 Å². The number of aromatic nitrogens is 4. The number of benzene rings is 1. The van der Waals surface area contributed by atoms with Crippen LogP contribution >= 0.6 is 0 Å². The molecule has 1 atom stereocenters. The summed E-state index contributed by atoms with van der Waals surface area (Å²) >= 11 is 0. The van der Waals surface area contributed by atoms with Crippen molar-refractivity contribution in [2.45, 2.75) is 19.4 Å². The lowest BCUT2D eigenvalue weighted by Crippen LogP contribution is -2.20. The molecule has 1 aliphatic rings. The second-order valence-corrected chi connectivity index (χ2v) is 7.47. The number of carbonyl (C=O) groups excluding carboxylic acids is 1. The van der Waals surface area contributed by atoms with Gasteiger partial charge < -0.3 is 10.1 Å². The van der Waals surface area contributed by atoms with Gasteiger partial charge in [0.25, 0.3) is 0 Å². The zero-order valence-electron chi connectivity index (χ0n) is 16.6. The topological polar surface area (TPSA) is 92.8 Å². The van der Waals surface area contributed by atoms with Gasteiger partial charge in [0.2, 0.25) is 0 Å². The Hall–Kier alpha value is -3.58. The molecule has 5 rings (SSSR count). The molecule has 2 N–H and O–H groups in total. The van der Waals surface area contributed by atoms with Crippen LogP contribution in [0, 0.1) is 6.92 Å². The maximum absolute atomic E-state index is 12.5. The minimum Gasteiger partial charge on any atom is -0.457 e. The van der Waals surface area contributed by atoms with E-state index in [0.717, 1.165) is 52.1 Å². The van der Waals surface area contributed by atoms with Crippen LogP contribution < -0.4 is 5.32 Å². The predicted octanol–water partition coefficient (Wildman–Crippen LogP) is 3.51. The van der Waals surface area contributed by atoms with E-state index < -0.39 is 0 Å². The van der Waals surface area contributed by atoms with Crippen molar-refractivity contribution in [3.8, 4) is 22.5 Å². The first-order chi connectivity index (χ1) is 14.7. The lowest BCUT2D eigenvalue weighted by atomic mass is 10.0. The number of fused-ring (bicyclic) bond motifs is 1. The maximum atomic E-state index is 12.5. The summed E-state index contributed by atoms with van der Waals surface area (Å²) in [6, 6.07) is 13.7. The van der Waals surface area contributed by atoms with Crippen molar-refractivity contribution in [1.29, 1.82) is 0 Å². The van der Waals surface area contributed by atoms with Crippen LogP contribution in [0.25, 0.3) is 33.4 Å². The molecule has 0 bridgehead atoms. The Morgan fingerprint density at radius 3 is 2.93 bits per heavy atom. The summed E-state index contributed by atoms with van der Waals surface area (Å²) in [6.45, 7) is 3.54. The molecule has 1 saturated heterocycles. The molecule has 0 aliphatic carbocycles. The smallest absolute Gasteiger partial charge is 0.340 e. The van der Waals surface area contributed by atoms with Crippen molar-refractivity contribution in [2.75, 3.05) is 13.1 Å². The number of nitrogens with one attached hydrogen (secondary N) is 2. The summed E-state index contributed by atoms with van der Waals surface area (Å²) in [5, 5.41) is 11.4. The number of hydrogen-bond donors (Lipinski definition) is 2. The molecule has 150 valence electrons. The minimum atomic E-state index is -0.337. The summed E-state index contributed by atoms with van der Waals surface area (Å²) in [5.41, 5.74) is 5.83. The Kier molecular flexibility index (Phi) is 4.72. The molecule has 0 radical (unpaired) electrons. The van der Waals surface area contributed by atoms with E-state index in [1.165, 1.54) is 0 Å². The fraction of sp³-hybridized carbons (Fsp3) is 0.217. The van der Waals surface area contributed by atoms with Gasteiger partial charge in [-0.2, -0.15) is 5.10 Å². The van der Waals surface area contributed by atoms with Gasteiger partial charge in [-0.25, -0.2) is 4.79 Å². The van der Waals surface area contributed by atoms with Gasteiger partial charge in [0.1, 0.15) is 6.10 Å². The van der Waals surface area contributed by atoms with Crippen molar-refractivity contribution in [3.05, 3.63) is 66.1 Å². The van der Waals surface area contributed by atoms with Crippen LogP contribution in [0.5, 0.6) is 0 Å². The van der Waals surface area contributed by atoms with Crippen LogP contribution in [-0.2, 0) is 4.74 Å². The first-order valence-corrected chi connectivity index (χ1v) is 9.97. The first-order valence-electron chi connectivity index (χ1n) is 9.97. The second-order valence-electron chi connectivity index (χ2n) is 7.47. The summed E-state index contributed by atoms with van der Waals surface area (Å²) in [7, 11) is 0. The number of ether oxygens (including phenoxy) is 1. The SMILES string of the molecule is Cc1cccc(-c2[nH]ncc2-c2ccc3ncc(C(=O)O[C@@H]4CCNC4)cc3c2)n1. The van der Waals surface area contributed by atoms with Gasteiger partial charge >= 0.3 is 5.97 Å². The highest BCUT2D eigenvalue weighted by Gasteiger charge is 2.20. The molecule has 4 aromatic rings. The molecule has 7 nitrogen and oxygen atoms in total. The van der Waals surface area contributed by atoms with Crippen molar-refractivity contribution >= 4 is 16.9 Å². The van der Waals surface area contributed by atoms with Gasteiger partial charge in [0, 0.05) is 29.4 Å². The molecule has 1 aliphatic heterocycles. The summed E-state index contributed by atoms with van der Waals surface area (Å²) < 4.78 is 5.57. The third kappa shape index (κ3) is 3.55. The highest BCUT2D eigenvalue weighted by atomic mass is 16.5. The van der Waals surface area contributed by atoms with E-state index in [1.54, 1.807) is 12.4 Å². The second kappa shape index (κ2) is 7.68. The number of hydrogen-bond acceptors (Lipinski definition) is 6. The summed E-state index contributed by atoms with van der Waals surface area (Å²) in [6.07, 6.45) is 4.13. The molecule has 3 aromatic heterocycles. The number of carbonyl (C=O) groups is 1. The third-order valence-electron chi connectivity index (χ3n) is 5.30. The zero-order chi connectivity index (χ0) is 20.5. The van der Waals surface area contributed by atoms with E-state index in [-0.39, 0.29) is 12.1 Å². The van der Waals surface area contributed by atoms with Gasteiger partial charge in [-0.05, 0) is 55.8 Å². The van der Waals surface area contributed by atoms with E-state index in [0.29, 0.717) is 12.1 Å². The Morgan fingerprint density at radius 1 is 1.17 bits per heavy atom. The van der Waals surface area contributed by atoms with Gasteiger partial charge in [-0.1, -0.05) is 12.1 Å². The van der Waals surface area contributed by atoms with Crippen molar-refractivity contribution in [3.63, 3.8) is 0 Å². The van der Waals surface area contributed by atoms with Gasteiger partial charge in [0.15, 0.2) is 0 Å². The minimum absolute atomic E-state index is 0.0742. The fourth-order valence-electron chi connectivity index (χ4n) is 3.74. The zero-order valence-corrected chi connectivity index (χ0v) is 16.6. The Balaban J connectivity index is 1.49. The summed E-state index contributed by atoms with van der Waals surface area (Å²) in [5.74, 6) is -0.337. The standard InChI is InChI=1S/C23H21N5O2/c1-14-3-2-4-21(27-14)22-19(13-26-28-22)15-5-6-20-16(9-15)10-17(11-25-20)23(29)30-18-7-8-24-12-18/h2-6,9-11,13,18,24H,7-8,12H2,1H3,(H,26,28)/t18-/m1/s1. The lowest BCUT2D eigenvalue weighted by Gasteiger charge is -2.11. The molecule has 1 aromatic carbocycles. The van der Waals surface area contributed by atoms with Gasteiger partial charge in [-0.3, -0.25) is 15.1 Å². The maximum Gasteiger partial charge on any atom is 0.340 e. The quantitative estimate of drug-likeness (QED) is 0.510. The molecule has 0 unspecified atom stereocenters. The molecule has 0 spiro atoms. The molecule has 7 heteroatoms. The molecule has 0 saturated carbocycles. The molecule has 4 heterocycles. The summed E-state index contributed by atoms with van der Waals surface area (Å²) in [4.78, 5) is 21.6. The van der Waals surface area contributed by atoms with E-state index in [1.807, 2.05) is 49.4 Å². The Bertz CT molecular complexity index is 1230. The van der Waals surface area contributed by atoms with Crippen LogP contribution in [0.2, 0.25) is 0 Å². The van der Waals surface area contributed by atoms with Gasteiger partial charge in [0.05, 0.1) is 28.7 Å². The highest BCUT2D eigenvalue weighted by Crippen LogP contribution is 2.31. The molecular formula is C23H21N5O2. The van der Waals surface area contributed by atoms with Crippen molar-refractivity contribution < 1.29 is 9.53 Å². The molecule has 30 heavy (non-hydrogen) atoms. The van der Waals surface area contributed by atoms with Gasteiger partial charge in [-0.15, -0.1) is 0 Å². The Labute approximate surface area is 173 Å². The number of aromatic amines is 1. The monoisotopic (exact) mass is 399 g/mol. The predicted molar refractivity (Wildman–Crippen MR) is 114 cm³/mol. The van der Waals surface area contributed by atoms with E-state index in [2.05, 4.69) is 25.5 Å². The number of nitrogens with zero attached hydrogens (tertiary/aromatic N) is 3.